The van der Waals surface area contributed by atoms with Gasteiger partial charge in [-0.05, 0) is 38.5 Å². The van der Waals surface area contributed by atoms with Crippen molar-refractivity contribution in [3.8, 4) is 0 Å². The molecule has 0 unspecified atom stereocenters. The van der Waals surface area contributed by atoms with Gasteiger partial charge in [0.25, 0.3) is 0 Å². The maximum Gasteiger partial charge on any atom is 0.191 e. The summed E-state index contributed by atoms with van der Waals surface area (Å²) in [5.74, 6) is 2.89. The molecule has 0 radical (unpaired) electrons. The second-order valence-electron chi connectivity index (χ2n) is 6.92. The summed E-state index contributed by atoms with van der Waals surface area (Å²) in [5, 5.41) is 8.09. The van der Waals surface area contributed by atoms with Crippen molar-refractivity contribution in [1.29, 1.82) is 0 Å². The topological polar surface area (TPSA) is 58.8 Å². The third-order valence-corrected chi connectivity index (χ3v) is 6.55. The number of thioether (sulfide) groups is 1. The number of furan rings is 1. The van der Waals surface area contributed by atoms with Gasteiger partial charge in [0.15, 0.2) is 5.96 Å². The Bertz CT molecular complexity index is 760. The Morgan fingerprint density at radius 3 is 2.67 bits per heavy atom. The minimum Gasteiger partial charge on any atom is -0.459 e. The standard InChI is InChI=1S/C21H31N3O2S/c1-4-22-20(24-15-21(27-5-2)10-12-25-13-11-21)23-14-19-16(3)17-8-6-7-9-18(17)26-19/h6-9H,4-5,10-15H2,1-3H3,(H2,22,23,24). The zero-order valence-corrected chi connectivity index (χ0v) is 17.5. The molecule has 1 aliphatic heterocycles. The van der Waals surface area contributed by atoms with Crippen LogP contribution in [-0.2, 0) is 11.3 Å². The van der Waals surface area contributed by atoms with Crippen LogP contribution in [0.15, 0.2) is 33.7 Å². The number of nitrogens with zero attached hydrogens (tertiary/aromatic N) is 1. The van der Waals surface area contributed by atoms with Crippen LogP contribution in [0.25, 0.3) is 11.0 Å². The number of hydrogen-bond donors (Lipinski definition) is 2. The summed E-state index contributed by atoms with van der Waals surface area (Å²) < 4.78 is 11.8. The van der Waals surface area contributed by atoms with Gasteiger partial charge < -0.3 is 19.8 Å². The van der Waals surface area contributed by atoms with E-state index in [-0.39, 0.29) is 4.75 Å². The highest BCUT2D eigenvalue weighted by atomic mass is 32.2. The molecule has 1 aliphatic rings. The van der Waals surface area contributed by atoms with E-state index >= 15 is 0 Å². The first-order chi connectivity index (χ1) is 13.2. The lowest BCUT2D eigenvalue weighted by molar-refractivity contribution is 0.0782. The van der Waals surface area contributed by atoms with E-state index < -0.39 is 0 Å². The molecule has 0 aliphatic carbocycles. The van der Waals surface area contributed by atoms with Crippen LogP contribution in [0.4, 0.5) is 0 Å². The van der Waals surface area contributed by atoms with E-state index in [2.05, 4.69) is 37.5 Å². The number of nitrogens with one attached hydrogen (secondary N) is 2. The lowest BCUT2D eigenvalue weighted by Crippen LogP contribution is -2.48. The third kappa shape index (κ3) is 4.99. The Morgan fingerprint density at radius 1 is 1.19 bits per heavy atom. The molecule has 1 aromatic carbocycles. The Labute approximate surface area is 166 Å². The van der Waals surface area contributed by atoms with E-state index in [9.17, 15) is 0 Å². The average molecular weight is 390 g/mol. The van der Waals surface area contributed by atoms with Crippen molar-refractivity contribution in [3.63, 3.8) is 0 Å². The number of rotatable bonds is 7. The van der Waals surface area contributed by atoms with Crippen molar-refractivity contribution in [2.75, 3.05) is 32.1 Å². The van der Waals surface area contributed by atoms with Crippen molar-refractivity contribution in [2.24, 2.45) is 4.99 Å². The summed E-state index contributed by atoms with van der Waals surface area (Å²) in [6.07, 6.45) is 2.17. The first kappa shape index (κ1) is 20.1. The van der Waals surface area contributed by atoms with E-state index in [4.69, 9.17) is 14.1 Å². The first-order valence-electron chi connectivity index (χ1n) is 9.88. The highest BCUT2D eigenvalue weighted by molar-refractivity contribution is 8.00. The van der Waals surface area contributed by atoms with E-state index in [1.54, 1.807) is 0 Å². The fraction of sp³-hybridized carbons (Fsp3) is 0.571. The number of ether oxygens (including phenoxy) is 1. The maximum atomic E-state index is 6.00. The Hall–Kier alpha value is -1.66. The average Bonchev–Trinajstić information content (AvgIpc) is 3.01. The fourth-order valence-electron chi connectivity index (χ4n) is 3.53. The molecule has 3 rings (SSSR count). The molecule has 1 fully saturated rings. The lowest BCUT2D eigenvalue weighted by atomic mass is 9.99. The van der Waals surface area contributed by atoms with Gasteiger partial charge in [-0.3, -0.25) is 0 Å². The van der Waals surface area contributed by atoms with Crippen LogP contribution in [0.2, 0.25) is 0 Å². The number of fused-ring (bicyclic) bond motifs is 1. The third-order valence-electron chi connectivity index (χ3n) is 5.10. The van der Waals surface area contributed by atoms with Gasteiger partial charge >= 0.3 is 0 Å². The lowest BCUT2D eigenvalue weighted by Gasteiger charge is -2.37. The van der Waals surface area contributed by atoms with Gasteiger partial charge in [-0.2, -0.15) is 11.8 Å². The summed E-state index contributed by atoms with van der Waals surface area (Å²) >= 11 is 2.04. The molecular formula is C21H31N3O2S. The predicted octanol–water partition coefficient (Wildman–Crippen LogP) is 4.10. The molecule has 2 heterocycles. The Morgan fingerprint density at radius 2 is 1.96 bits per heavy atom. The molecule has 5 nitrogen and oxygen atoms in total. The van der Waals surface area contributed by atoms with Gasteiger partial charge in [0.05, 0.1) is 0 Å². The molecular weight excluding hydrogens is 358 g/mol. The Kier molecular flexibility index (Phi) is 7.07. The van der Waals surface area contributed by atoms with Crippen molar-refractivity contribution < 1.29 is 9.15 Å². The highest BCUT2D eigenvalue weighted by Crippen LogP contribution is 2.34. The predicted molar refractivity (Wildman–Crippen MR) is 115 cm³/mol. The zero-order chi connectivity index (χ0) is 19.1. The van der Waals surface area contributed by atoms with Crippen molar-refractivity contribution in [2.45, 2.75) is 44.9 Å². The number of guanidine groups is 1. The smallest absolute Gasteiger partial charge is 0.191 e. The molecule has 2 aromatic rings. The van der Waals surface area contributed by atoms with Gasteiger partial charge in [-0.1, -0.05) is 25.1 Å². The van der Waals surface area contributed by atoms with Crippen LogP contribution in [-0.4, -0.2) is 42.8 Å². The van der Waals surface area contributed by atoms with Gasteiger partial charge in [-0.15, -0.1) is 0 Å². The van der Waals surface area contributed by atoms with Crippen LogP contribution in [0.3, 0.4) is 0 Å². The molecule has 0 amide bonds. The van der Waals surface area contributed by atoms with Crippen LogP contribution in [0.5, 0.6) is 0 Å². The van der Waals surface area contributed by atoms with Gasteiger partial charge in [0.2, 0.25) is 0 Å². The van der Waals surface area contributed by atoms with Crippen molar-refractivity contribution >= 4 is 28.7 Å². The van der Waals surface area contributed by atoms with E-state index in [1.807, 2.05) is 30.0 Å². The molecule has 1 aromatic heterocycles. The number of benzene rings is 1. The van der Waals surface area contributed by atoms with Crippen LogP contribution in [0.1, 0.15) is 38.0 Å². The minimum atomic E-state index is 0.235. The summed E-state index contributed by atoms with van der Waals surface area (Å²) in [6.45, 7) is 10.4. The normalized spacial score (nSPS) is 17.2. The van der Waals surface area contributed by atoms with E-state index in [0.717, 1.165) is 62.2 Å². The van der Waals surface area contributed by atoms with Gasteiger partial charge in [0, 0.05) is 42.0 Å². The number of aryl methyl sites for hydroxylation is 1. The maximum absolute atomic E-state index is 6.00. The molecule has 27 heavy (non-hydrogen) atoms. The zero-order valence-electron chi connectivity index (χ0n) is 16.6. The van der Waals surface area contributed by atoms with Crippen LogP contribution in [0, 0.1) is 6.92 Å². The molecule has 1 saturated heterocycles. The molecule has 2 N–H and O–H groups in total. The molecule has 0 atom stereocenters. The van der Waals surface area contributed by atoms with E-state index in [1.165, 1.54) is 10.9 Å². The molecule has 0 saturated carbocycles. The summed E-state index contributed by atoms with van der Waals surface area (Å²) in [6, 6.07) is 8.16. The van der Waals surface area contributed by atoms with Crippen molar-refractivity contribution in [1.82, 2.24) is 10.6 Å². The van der Waals surface area contributed by atoms with Crippen molar-refractivity contribution in [3.05, 3.63) is 35.6 Å². The SMILES string of the molecule is CCNC(=NCc1oc2ccccc2c1C)NCC1(SCC)CCOCC1. The summed E-state index contributed by atoms with van der Waals surface area (Å²) in [5.41, 5.74) is 2.10. The molecule has 0 bridgehead atoms. The molecule has 6 heteroatoms. The Balaban J connectivity index is 1.69. The highest BCUT2D eigenvalue weighted by Gasteiger charge is 2.32. The number of hydrogen-bond acceptors (Lipinski definition) is 4. The molecule has 0 spiro atoms. The molecule has 148 valence electrons. The van der Waals surface area contributed by atoms with Gasteiger partial charge in [0.1, 0.15) is 17.9 Å². The number of aliphatic imine (C=N–C) groups is 1. The first-order valence-corrected chi connectivity index (χ1v) is 10.9. The monoisotopic (exact) mass is 389 g/mol. The van der Waals surface area contributed by atoms with Crippen LogP contribution >= 0.6 is 11.8 Å². The van der Waals surface area contributed by atoms with Crippen LogP contribution < -0.4 is 10.6 Å². The largest absolute Gasteiger partial charge is 0.459 e. The second kappa shape index (κ2) is 9.51. The summed E-state index contributed by atoms with van der Waals surface area (Å²) in [4.78, 5) is 4.78. The second-order valence-corrected chi connectivity index (χ2v) is 8.66. The summed E-state index contributed by atoms with van der Waals surface area (Å²) in [7, 11) is 0. The minimum absolute atomic E-state index is 0.235. The van der Waals surface area contributed by atoms with Gasteiger partial charge in [-0.25, -0.2) is 4.99 Å². The fourth-order valence-corrected chi connectivity index (χ4v) is 4.78. The quantitative estimate of drug-likeness (QED) is 0.551. The van der Waals surface area contributed by atoms with E-state index in [0.29, 0.717) is 6.54 Å². The number of para-hydroxylation sites is 1.